The number of aliphatic carboxylic acids is 1. The molecule has 0 saturated carbocycles. The SMILES string of the molecule is CC(C)[C@](C)(C=N)N1CCC(C(=O)O)CC1. The summed E-state index contributed by atoms with van der Waals surface area (Å²) < 4.78 is 0. The van der Waals surface area contributed by atoms with Gasteiger partial charge in [0.2, 0.25) is 0 Å². The van der Waals surface area contributed by atoms with E-state index >= 15 is 0 Å². The summed E-state index contributed by atoms with van der Waals surface area (Å²) >= 11 is 0. The lowest BCUT2D eigenvalue weighted by atomic mass is 9.84. The number of carbonyl (C=O) groups is 1. The number of nitrogens with zero attached hydrogens (tertiary/aromatic N) is 1. The minimum absolute atomic E-state index is 0.196. The lowest BCUT2D eigenvalue weighted by Crippen LogP contribution is -2.54. The predicted molar refractivity (Wildman–Crippen MR) is 64.0 cm³/mol. The second-order valence-corrected chi connectivity index (χ2v) is 5.12. The fourth-order valence-electron chi connectivity index (χ4n) is 2.23. The average Bonchev–Trinajstić information content (AvgIpc) is 2.27. The van der Waals surface area contributed by atoms with Crippen molar-refractivity contribution >= 4 is 12.2 Å². The summed E-state index contributed by atoms with van der Waals surface area (Å²) in [5.41, 5.74) is -0.233. The van der Waals surface area contributed by atoms with Crippen molar-refractivity contribution < 1.29 is 9.90 Å². The van der Waals surface area contributed by atoms with Gasteiger partial charge in [0, 0.05) is 6.21 Å². The molecule has 1 heterocycles. The molecule has 0 aromatic carbocycles. The van der Waals surface area contributed by atoms with Gasteiger partial charge in [0.1, 0.15) is 0 Å². The lowest BCUT2D eigenvalue weighted by Gasteiger charge is -2.44. The summed E-state index contributed by atoms with van der Waals surface area (Å²) in [7, 11) is 0. The van der Waals surface area contributed by atoms with Gasteiger partial charge in [-0.25, -0.2) is 0 Å². The van der Waals surface area contributed by atoms with Gasteiger partial charge in [0.25, 0.3) is 0 Å². The molecule has 0 aromatic heterocycles. The number of carboxylic acids is 1. The van der Waals surface area contributed by atoms with Crippen molar-refractivity contribution in [3.05, 3.63) is 0 Å². The number of carboxylic acid groups (broad SMARTS) is 1. The van der Waals surface area contributed by atoms with Crippen LogP contribution in [-0.4, -0.2) is 40.8 Å². The van der Waals surface area contributed by atoms with E-state index in [1.165, 1.54) is 6.21 Å². The zero-order valence-corrected chi connectivity index (χ0v) is 10.4. The van der Waals surface area contributed by atoms with Crippen LogP contribution in [0.5, 0.6) is 0 Å². The van der Waals surface area contributed by atoms with Gasteiger partial charge in [-0.05, 0) is 38.8 Å². The molecule has 4 nitrogen and oxygen atoms in total. The van der Waals surface area contributed by atoms with E-state index in [1.807, 2.05) is 0 Å². The quantitative estimate of drug-likeness (QED) is 0.719. The van der Waals surface area contributed by atoms with Crippen molar-refractivity contribution in [1.29, 1.82) is 5.41 Å². The number of nitrogens with one attached hydrogen (secondary N) is 1. The largest absolute Gasteiger partial charge is 0.481 e. The molecule has 4 heteroatoms. The van der Waals surface area contributed by atoms with Crippen molar-refractivity contribution in [2.75, 3.05) is 13.1 Å². The third kappa shape index (κ3) is 2.43. The van der Waals surface area contributed by atoms with Crippen molar-refractivity contribution in [1.82, 2.24) is 4.90 Å². The van der Waals surface area contributed by atoms with Crippen LogP contribution in [0.2, 0.25) is 0 Å². The maximum Gasteiger partial charge on any atom is 0.306 e. The van der Waals surface area contributed by atoms with E-state index < -0.39 is 5.97 Å². The molecule has 2 N–H and O–H groups in total. The lowest BCUT2D eigenvalue weighted by molar-refractivity contribution is -0.143. The monoisotopic (exact) mass is 226 g/mol. The standard InChI is InChI=1S/C12H22N2O2/c1-9(2)12(3,8-13)14-6-4-10(5-7-14)11(15)16/h8-10,13H,4-7H2,1-3H3,(H,15,16)/t12-/m0/s1. The molecular formula is C12H22N2O2. The summed E-state index contributed by atoms with van der Waals surface area (Å²) in [6.07, 6.45) is 2.90. The summed E-state index contributed by atoms with van der Waals surface area (Å²) in [5, 5.41) is 16.5. The third-order valence-corrected chi connectivity index (χ3v) is 3.99. The maximum absolute atomic E-state index is 10.9. The van der Waals surface area contributed by atoms with Crippen LogP contribution in [0.25, 0.3) is 0 Å². The Bertz CT molecular complexity index is 270. The topological polar surface area (TPSA) is 64.4 Å². The minimum atomic E-state index is -0.680. The number of hydrogen-bond acceptors (Lipinski definition) is 3. The summed E-state index contributed by atoms with van der Waals surface area (Å²) in [6, 6.07) is 0. The number of likely N-dealkylation sites (tertiary alicyclic amines) is 1. The molecule has 0 aliphatic carbocycles. The molecule has 92 valence electrons. The van der Waals surface area contributed by atoms with Gasteiger partial charge < -0.3 is 10.5 Å². The van der Waals surface area contributed by atoms with Crippen molar-refractivity contribution in [3.63, 3.8) is 0 Å². The first-order valence-electron chi connectivity index (χ1n) is 5.91. The highest BCUT2D eigenvalue weighted by atomic mass is 16.4. The Morgan fingerprint density at radius 3 is 2.31 bits per heavy atom. The molecule has 0 spiro atoms. The molecular weight excluding hydrogens is 204 g/mol. The molecule has 0 unspecified atom stereocenters. The molecule has 0 amide bonds. The fourth-order valence-corrected chi connectivity index (χ4v) is 2.23. The zero-order chi connectivity index (χ0) is 12.3. The molecule has 1 atom stereocenters. The minimum Gasteiger partial charge on any atom is -0.481 e. The molecule has 0 radical (unpaired) electrons. The second-order valence-electron chi connectivity index (χ2n) is 5.12. The summed E-state index contributed by atoms with van der Waals surface area (Å²) in [5.74, 6) is -0.509. The predicted octanol–water partition coefficient (Wildman–Crippen LogP) is 1.85. The molecule has 1 aliphatic rings. The molecule has 1 rings (SSSR count). The molecule has 0 aromatic rings. The number of piperidine rings is 1. The van der Waals surface area contributed by atoms with Gasteiger partial charge in [-0.2, -0.15) is 0 Å². The fraction of sp³-hybridized carbons (Fsp3) is 0.833. The van der Waals surface area contributed by atoms with Crippen molar-refractivity contribution in [2.45, 2.75) is 39.2 Å². The van der Waals surface area contributed by atoms with Gasteiger partial charge in [-0.15, -0.1) is 0 Å². The smallest absolute Gasteiger partial charge is 0.306 e. The Hall–Kier alpha value is -0.900. The molecule has 1 fully saturated rings. The van der Waals surface area contributed by atoms with Gasteiger partial charge in [-0.3, -0.25) is 9.69 Å². The Morgan fingerprint density at radius 2 is 2.00 bits per heavy atom. The van der Waals surface area contributed by atoms with E-state index in [0.717, 1.165) is 13.1 Å². The van der Waals surface area contributed by atoms with E-state index in [1.54, 1.807) is 0 Å². The molecule has 1 aliphatic heterocycles. The first-order valence-corrected chi connectivity index (χ1v) is 5.91. The summed E-state index contributed by atoms with van der Waals surface area (Å²) in [4.78, 5) is 13.1. The van der Waals surface area contributed by atoms with E-state index in [4.69, 9.17) is 10.5 Å². The van der Waals surface area contributed by atoms with Crippen LogP contribution in [0.3, 0.4) is 0 Å². The van der Waals surface area contributed by atoms with Crippen molar-refractivity contribution in [2.24, 2.45) is 11.8 Å². The van der Waals surface area contributed by atoms with E-state index in [9.17, 15) is 4.79 Å². The van der Waals surface area contributed by atoms with Gasteiger partial charge in [0.05, 0.1) is 11.5 Å². The van der Waals surface area contributed by atoms with Gasteiger partial charge in [0.15, 0.2) is 0 Å². The van der Waals surface area contributed by atoms with Gasteiger partial charge >= 0.3 is 5.97 Å². The third-order valence-electron chi connectivity index (χ3n) is 3.99. The molecule has 0 bridgehead atoms. The van der Waals surface area contributed by atoms with Crippen LogP contribution in [0.1, 0.15) is 33.6 Å². The average molecular weight is 226 g/mol. The Kier molecular flexibility index (Phi) is 4.08. The normalized spacial score (nSPS) is 23.0. The van der Waals surface area contributed by atoms with Crippen LogP contribution in [0.15, 0.2) is 0 Å². The van der Waals surface area contributed by atoms with Gasteiger partial charge in [-0.1, -0.05) is 13.8 Å². The van der Waals surface area contributed by atoms with Crippen LogP contribution >= 0.6 is 0 Å². The van der Waals surface area contributed by atoms with E-state index in [2.05, 4.69) is 25.7 Å². The van der Waals surface area contributed by atoms with Crippen LogP contribution in [0.4, 0.5) is 0 Å². The Morgan fingerprint density at radius 1 is 1.50 bits per heavy atom. The Labute approximate surface area is 97.1 Å². The molecule has 16 heavy (non-hydrogen) atoms. The first-order chi connectivity index (χ1) is 7.41. The van der Waals surface area contributed by atoms with Crippen molar-refractivity contribution in [3.8, 4) is 0 Å². The van der Waals surface area contributed by atoms with E-state index in [-0.39, 0.29) is 11.5 Å². The Balaban J connectivity index is 2.65. The van der Waals surface area contributed by atoms with Crippen LogP contribution < -0.4 is 0 Å². The second kappa shape index (κ2) is 4.95. The van der Waals surface area contributed by atoms with E-state index in [0.29, 0.717) is 18.8 Å². The number of rotatable bonds is 4. The highest BCUT2D eigenvalue weighted by Crippen LogP contribution is 2.28. The maximum atomic E-state index is 10.9. The molecule has 1 saturated heterocycles. The first kappa shape index (κ1) is 13.2. The van der Waals surface area contributed by atoms with Crippen LogP contribution in [-0.2, 0) is 4.79 Å². The van der Waals surface area contributed by atoms with Crippen LogP contribution in [0, 0.1) is 17.2 Å². The highest BCUT2D eigenvalue weighted by molar-refractivity contribution is 5.70. The number of hydrogen-bond donors (Lipinski definition) is 2. The summed E-state index contributed by atoms with van der Waals surface area (Å²) in [6.45, 7) is 7.83. The zero-order valence-electron chi connectivity index (χ0n) is 10.4. The highest BCUT2D eigenvalue weighted by Gasteiger charge is 2.36.